The molecule has 1 heterocycles. The number of aryl methyl sites for hydroxylation is 1. The van der Waals surface area contributed by atoms with Gasteiger partial charge in [-0.15, -0.1) is 0 Å². The molecule has 0 amide bonds. The smallest absolute Gasteiger partial charge is 0.101 e. The van der Waals surface area contributed by atoms with Crippen LogP contribution in [0.15, 0.2) is 42.5 Å². The number of benzene rings is 2. The Morgan fingerprint density at radius 1 is 1.24 bits per heavy atom. The Morgan fingerprint density at radius 2 is 2.10 bits per heavy atom. The van der Waals surface area contributed by atoms with E-state index in [1.807, 2.05) is 24.3 Å². The fourth-order valence-electron chi connectivity index (χ4n) is 2.88. The van der Waals surface area contributed by atoms with Gasteiger partial charge < -0.3 is 10.2 Å². The Bertz CT molecular complexity index is 685. The molecule has 3 rings (SSSR count). The molecule has 0 aromatic heterocycles. The van der Waals surface area contributed by atoms with E-state index in [-0.39, 0.29) is 0 Å². The Kier molecular flexibility index (Phi) is 3.79. The first kappa shape index (κ1) is 13.5. The summed E-state index contributed by atoms with van der Waals surface area (Å²) in [6, 6.07) is 16.5. The second-order valence-corrected chi connectivity index (χ2v) is 5.50. The molecule has 2 aromatic rings. The first-order valence-corrected chi connectivity index (χ1v) is 7.34. The van der Waals surface area contributed by atoms with Gasteiger partial charge in [-0.3, -0.25) is 0 Å². The van der Waals surface area contributed by atoms with Crippen molar-refractivity contribution in [3.05, 3.63) is 59.2 Å². The average molecular weight is 277 g/mol. The largest absolute Gasteiger partial charge is 0.380 e. The molecule has 2 aromatic carbocycles. The third-order valence-electron chi connectivity index (χ3n) is 4.03. The zero-order chi connectivity index (χ0) is 14.7. The van der Waals surface area contributed by atoms with Crippen LogP contribution in [0.3, 0.4) is 0 Å². The second kappa shape index (κ2) is 5.88. The molecule has 0 radical (unpaired) electrons. The van der Waals surface area contributed by atoms with Crippen molar-refractivity contribution in [1.82, 2.24) is 0 Å². The van der Waals surface area contributed by atoms with E-state index in [2.05, 4.69) is 41.5 Å². The van der Waals surface area contributed by atoms with Crippen LogP contribution in [0.2, 0.25) is 0 Å². The zero-order valence-electron chi connectivity index (χ0n) is 12.3. The number of rotatable bonds is 3. The average Bonchev–Trinajstić information content (AvgIpc) is 2.53. The van der Waals surface area contributed by atoms with E-state index in [4.69, 9.17) is 5.26 Å². The number of nitrogens with one attached hydrogen (secondary N) is 1. The Morgan fingerprint density at radius 3 is 2.95 bits per heavy atom. The van der Waals surface area contributed by atoms with Crippen molar-refractivity contribution >= 4 is 11.4 Å². The van der Waals surface area contributed by atoms with Gasteiger partial charge in [0.15, 0.2) is 0 Å². The minimum atomic E-state index is 0.690. The van der Waals surface area contributed by atoms with Gasteiger partial charge in [-0.25, -0.2) is 0 Å². The van der Waals surface area contributed by atoms with Crippen molar-refractivity contribution < 1.29 is 0 Å². The van der Waals surface area contributed by atoms with E-state index in [9.17, 15) is 0 Å². The van der Waals surface area contributed by atoms with Crippen molar-refractivity contribution in [2.24, 2.45) is 0 Å². The van der Waals surface area contributed by atoms with Gasteiger partial charge in [0.05, 0.1) is 11.3 Å². The molecule has 0 bridgehead atoms. The lowest BCUT2D eigenvalue weighted by molar-refractivity contribution is 0.743. The molecular weight excluding hydrogens is 258 g/mol. The highest BCUT2D eigenvalue weighted by Crippen LogP contribution is 2.27. The van der Waals surface area contributed by atoms with Crippen LogP contribution < -0.4 is 10.2 Å². The third-order valence-corrected chi connectivity index (χ3v) is 4.03. The molecular formula is C18H19N3. The summed E-state index contributed by atoms with van der Waals surface area (Å²) in [4.78, 5) is 2.32. The van der Waals surface area contributed by atoms with Crippen LogP contribution in [0.1, 0.15) is 23.1 Å². The fraction of sp³-hybridized carbons (Fsp3) is 0.278. The quantitative estimate of drug-likeness (QED) is 0.932. The summed E-state index contributed by atoms with van der Waals surface area (Å²) in [5.41, 5.74) is 5.63. The van der Waals surface area contributed by atoms with Crippen LogP contribution in [-0.4, -0.2) is 13.6 Å². The normalized spacial score (nSPS) is 13.4. The monoisotopic (exact) mass is 277 g/mol. The molecule has 106 valence electrons. The number of hydrogen-bond acceptors (Lipinski definition) is 3. The second-order valence-electron chi connectivity index (χ2n) is 5.50. The van der Waals surface area contributed by atoms with Crippen LogP contribution >= 0.6 is 0 Å². The minimum Gasteiger partial charge on any atom is -0.380 e. The number of nitriles is 1. The minimum absolute atomic E-state index is 0.690. The van der Waals surface area contributed by atoms with Crippen LogP contribution in [0.25, 0.3) is 0 Å². The van der Waals surface area contributed by atoms with Crippen LogP contribution in [0.5, 0.6) is 0 Å². The molecule has 0 atom stereocenters. The molecule has 0 saturated carbocycles. The van der Waals surface area contributed by atoms with Crippen molar-refractivity contribution in [2.75, 3.05) is 23.8 Å². The molecule has 0 unspecified atom stereocenters. The SMILES string of the molecule is CN1CCCc2cc(CNc3ccccc3C#N)ccc21. The van der Waals surface area contributed by atoms with Crippen LogP contribution in [0.4, 0.5) is 11.4 Å². The summed E-state index contributed by atoms with van der Waals surface area (Å²) in [7, 11) is 2.15. The van der Waals surface area contributed by atoms with Crippen molar-refractivity contribution in [3.63, 3.8) is 0 Å². The van der Waals surface area contributed by atoms with Gasteiger partial charge in [-0.2, -0.15) is 5.26 Å². The number of nitrogens with zero attached hydrogens (tertiary/aromatic N) is 2. The van der Waals surface area contributed by atoms with Crippen molar-refractivity contribution in [3.8, 4) is 6.07 Å². The maximum Gasteiger partial charge on any atom is 0.101 e. The van der Waals surface area contributed by atoms with Gasteiger partial charge in [0.1, 0.15) is 6.07 Å². The lowest BCUT2D eigenvalue weighted by Crippen LogP contribution is -2.24. The van der Waals surface area contributed by atoms with E-state index in [0.717, 1.165) is 25.2 Å². The van der Waals surface area contributed by atoms with E-state index in [1.54, 1.807) is 0 Å². The predicted molar refractivity (Wildman–Crippen MR) is 86.5 cm³/mol. The number of fused-ring (bicyclic) bond motifs is 1. The van der Waals surface area contributed by atoms with Gasteiger partial charge in [-0.1, -0.05) is 24.3 Å². The molecule has 1 N–H and O–H groups in total. The maximum absolute atomic E-state index is 9.11. The number of para-hydroxylation sites is 1. The topological polar surface area (TPSA) is 39.1 Å². The third kappa shape index (κ3) is 2.85. The van der Waals surface area contributed by atoms with Crippen LogP contribution in [-0.2, 0) is 13.0 Å². The van der Waals surface area contributed by atoms with Crippen molar-refractivity contribution in [1.29, 1.82) is 5.26 Å². The molecule has 0 spiro atoms. The summed E-state index contributed by atoms with van der Waals surface area (Å²) in [6.45, 7) is 1.88. The molecule has 3 nitrogen and oxygen atoms in total. The standard InChI is InChI=1S/C18H19N3/c1-21-10-4-6-15-11-14(8-9-18(15)21)13-20-17-7-3-2-5-16(17)12-19/h2-3,5,7-9,11,20H,4,6,10,13H2,1H3. The molecule has 21 heavy (non-hydrogen) atoms. The highest BCUT2D eigenvalue weighted by molar-refractivity contribution is 5.59. The molecule has 3 heteroatoms. The molecule has 0 aliphatic carbocycles. The Balaban J connectivity index is 1.76. The van der Waals surface area contributed by atoms with Gasteiger partial charge in [0.25, 0.3) is 0 Å². The highest BCUT2D eigenvalue weighted by atomic mass is 15.1. The Hall–Kier alpha value is -2.47. The molecule has 1 aliphatic heterocycles. The lowest BCUT2D eigenvalue weighted by atomic mass is 9.99. The van der Waals surface area contributed by atoms with Crippen LogP contribution in [0, 0.1) is 11.3 Å². The van der Waals surface area contributed by atoms with Gasteiger partial charge in [-0.05, 0) is 42.2 Å². The number of anilines is 2. The fourth-order valence-corrected chi connectivity index (χ4v) is 2.88. The summed E-state index contributed by atoms with van der Waals surface area (Å²) in [5, 5.41) is 12.5. The first-order chi connectivity index (χ1) is 10.3. The lowest BCUT2D eigenvalue weighted by Gasteiger charge is -2.27. The first-order valence-electron chi connectivity index (χ1n) is 7.34. The molecule has 1 aliphatic rings. The maximum atomic E-state index is 9.11. The summed E-state index contributed by atoms with van der Waals surface area (Å²) >= 11 is 0. The van der Waals surface area contributed by atoms with Crippen molar-refractivity contribution in [2.45, 2.75) is 19.4 Å². The predicted octanol–water partition coefficient (Wildman–Crippen LogP) is 3.55. The summed E-state index contributed by atoms with van der Waals surface area (Å²) < 4.78 is 0. The zero-order valence-corrected chi connectivity index (χ0v) is 12.3. The molecule has 0 fully saturated rings. The van der Waals surface area contributed by atoms with Gasteiger partial charge in [0.2, 0.25) is 0 Å². The van der Waals surface area contributed by atoms with E-state index < -0.39 is 0 Å². The number of hydrogen-bond donors (Lipinski definition) is 1. The van der Waals surface area contributed by atoms with E-state index in [1.165, 1.54) is 23.2 Å². The van der Waals surface area contributed by atoms with Gasteiger partial charge >= 0.3 is 0 Å². The molecule has 0 saturated heterocycles. The van der Waals surface area contributed by atoms with Gasteiger partial charge in [0, 0.05) is 25.8 Å². The summed E-state index contributed by atoms with van der Waals surface area (Å²) in [6.07, 6.45) is 2.37. The highest BCUT2D eigenvalue weighted by Gasteiger charge is 2.13. The Labute approximate surface area is 125 Å². The van der Waals surface area contributed by atoms with E-state index >= 15 is 0 Å². The summed E-state index contributed by atoms with van der Waals surface area (Å²) in [5.74, 6) is 0. The van der Waals surface area contributed by atoms with E-state index in [0.29, 0.717) is 5.56 Å².